The Morgan fingerprint density at radius 1 is 1.47 bits per heavy atom. The van der Waals surface area contributed by atoms with Gasteiger partial charge >= 0.3 is 0 Å². The minimum Gasteiger partial charge on any atom is -0.355 e. The number of nitriles is 1. The lowest BCUT2D eigenvalue weighted by Crippen LogP contribution is -2.49. The maximum Gasteiger partial charge on any atom is 0.158 e. The van der Waals surface area contributed by atoms with Crippen molar-refractivity contribution < 1.29 is 0 Å². The Balaban J connectivity index is 2.06. The van der Waals surface area contributed by atoms with Gasteiger partial charge in [0.25, 0.3) is 0 Å². The second-order valence-electron chi connectivity index (χ2n) is 5.21. The Bertz CT molecular complexity index is 450. The molecule has 0 radical (unpaired) electrons. The maximum absolute atomic E-state index is 8.74. The normalized spacial score (nSPS) is 23.9. The molecule has 19 heavy (non-hydrogen) atoms. The van der Waals surface area contributed by atoms with Gasteiger partial charge in [-0.05, 0) is 18.9 Å². The molecule has 0 spiro atoms. The molecule has 0 N–H and O–H groups in total. The molecule has 1 aromatic rings. The van der Waals surface area contributed by atoms with Crippen molar-refractivity contribution in [2.45, 2.75) is 26.3 Å². The molecule has 0 bridgehead atoms. The van der Waals surface area contributed by atoms with Gasteiger partial charge in [-0.2, -0.15) is 5.26 Å². The van der Waals surface area contributed by atoms with E-state index in [4.69, 9.17) is 5.26 Å². The van der Waals surface area contributed by atoms with Crippen LogP contribution < -0.4 is 4.90 Å². The van der Waals surface area contributed by atoms with E-state index in [1.807, 2.05) is 6.07 Å². The third-order valence-electron chi connectivity index (χ3n) is 4.00. The highest BCUT2D eigenvalue weighted by molar-refractivity contribution is 5.38. The van der Waals surface area contributed by atoms with Gasteiger partial charge in [0, 0.05) is 26.2 Å². The zero-order chi connectivity index (χ0) is 13.8. The first-order chi connectivity index (χ1) is 9.15. The van der Waals surface area contributed by atoms with E-state index < -0.39 is 0 Å². The van der Waals surface area contributed by atoms with E-state index in [1.54, 1.807) is 6.20 Å². The van der Waals surface area contributed by atoms with Crippen molar-refractivity contribution in [1.82, 2.24) is 14.9 Å². The highest BCUT2D eigenvalue weighted by Crippen LogP contribution is 2.24. The topological polar surface area (TPSA) is 56.0 Å². The molecule has 2 rings (SSSR count). The van der Waals surface area contributed by atoms with Crippen molar-refractivity contribution in [3.05, 3.63) is 18.1 Å². The highest BCUT2D eigenvalue weighted by Gasteiger charge is 2.28. The summed E-state index contributed by atoms with van der Waals surface area (Å²) in [7, 11) is 2.07. The molecule has 1 saturated heterocycles. The zero-order valence-electron chi connectivity index (χ0n) is 11.9. The minimum absolute atomic E-state index is 0.367. The van der Waals surface area contributed by atoms with Crippen LogP contribution in [0, 0.1) is 17.2 Å². The van der Waals surface area contributed by atoms with Gasteiger partial charge in [0.2, 0.25) is 0 Å². The number of aromatic nitrogens is 2. The molecule has 102 valence electrons. The van der Waals surface area contributed by atoms with Crippen LogP contribution in [0.25, 0.3) is 0 Å². The summed E-state index contributed by atoms with van der Waals surface area (Å²) in [4.78, 5) is 13.1. The van der Waals surface area contributed by atoms with Crippen molar-refractivity contribution in [2.24, 2.45) is 5.92 Å². The molecule has 5 heteroatoms. The van der Waals surface area contributed by atoms with Crippen molar-refractivity contribution in [2.75, 3.05) is 31.6 Å². The quantitative estimate of drug-likeness (QED) is 0.823. The number of hydrogen-bond acceptors (Lipinski definition) is 5. The Labute approximate surface area is 114 Å². The summed E-state index contributed by atoms with van der Waals surface area (Å²) in [6.45, 7) is 7.90. The van der Waals surface area contributed by atoms with Gasteiger partial charge in [0.05, 0.1) is 12.4 Å². The molecule has 1 aliphatic rings. The van der Waals surface area contributed by atoms with E-state index in [-0.39, 0.29) is 0 Å². The Hall–Kier alpha value is -1.67. The number of hydrogen-bond donors (Lipinski definition) is 0. The van der Waals surface area contributed by atoms with Gasteiger partial charge in [-0.15, -0.1) is 0 Å². The molecule has 0 amide bonds. The van der Waals surface area contributed by atoms with E-state index in [2.05, 4.69) is 40.7 Å². The van der Waals surface area contributed by atoms with Crippen LogP contribution in [-0.2, 0) is 0 Å². The second-order valence-corrected chi connectivity index (χ2v) is 5.21. The van der Waals surface area contributed by atoms with Crippen molar-refractivity contribution in [3.8, 4) is 6.07 Å². The largest absolute Gasteiger partial charge is 0.355 e. The lowest BCUT2D eigenvalue weighted by Gasteiger charge is -2.41. The lowest BCUT2D eigenvalue weighted by molar-refractivity contribution is 0.169. The van der Waals surface area contributed by atoms with Gasteiger partial charge in [-0.25, -0.2) is 9.97 Å². The van der Waals surface area contributed by atoms with Crippen LogP contribution in [0.5, 0.6) is 0 Å². The number of likely N-dealkylation sites (tertiary alicyclic amines) is 1. The Kier molecular flexibility index (Phi) is 4.33. The van der Waals surface area contributed by atoms with E-state index in [0.717, 1.165) is 31.9 Å². The molecular weight excluding hydrogens is 238 g/mol. The molecule has 2 heterocycles. The predicted molar refractivity (Wildman–Crippen MR) is 74.8 cm³/mol. The summed E-state index contributed by atoms with van der Waals surface area (Å²) in [6.07, 6.45) is 4.38. The van der Waals surface area contributed by atoms with Crippen LogP contribution in [0.1, 0.15) is 26.0 Å². The fraction of sp³-hybridized carbons (Fsp3) is 0.643. The SMILES string of the molecule is CCN1CCC(N(C)c2cnc(C#N)cn2)C(C)C1. The first kappa shape index (κ1) is 13.8. The summed E-state index contributed by atoms with van der Waals surface area (Å²) < 4.78 is 0. The third kappa shape index (κ3) is 3.02. The maximum atomic E-state index is 8.74. The van der Waals surface area contributed by atoms with Gasteiger partial charge < -0.3 is 9.80 Å². The number of rotatable bonds is 3. The zero-order valence-corrected chi connectivity index (χ0v) is 11.9. The fourth-order valence-electron chi connectivity index (χ4n) is 2.81. The summed E-state index contributed by atoms with van der Waals surface area (Å²) in [5.41, 5.74) is 0.367. The Morgan fingerprint density at radius 2 is 2.26 bits per heavy atom. The van der Waals surface area contributed by atoms with Gasteiger partial charge in [0.15, 0.2) is 5.69 Å². The monoisotopic (exact) mass is 259 g/mol. The molecule has 2 atom stereocenters. The second kappa shape index (κ2) is 5.98. The van der Waals surface area contributed by atoms with Crippen LogP contribution in [0.2, 0.25) is 0 Å². The molecule has 1 aliphatic heterocycles. The average Bonchev–Trinajstić information content (AvgIpc) is 2.46. The molecule has 5 nitrogen and oxygen atoms in total. The van der Waals surface area contributed by atoms with Crippen molar-refractivity contribution in [1.29, 1.82) is 5.26 Å². The van der Waals surface area contributed by atoms with E-state index in [0.29, 0.717) is 17.7 Å². The highest BCUT2D eigenvalue weighted by atomic mass is 15.2. The molecule has 0 aliphatic carbocycles. The fourth-order valence-corrected chi connectivity index (χ4v) is 2.81. The van der Waals surface area contributed by atoms with E-state index in [9.17, 15) is 0 Å². The summed E-state index contributed by atoms with van der Waals surface area (Å²) in [5.74, 6) is 1.46. The molecule has 0 aromatic carbocycles. The smallest absolute Gasteiger partial charge is 0.158 e. The first-order valence-corrected chi connectivity index (χ1v) is 6.83. The van der Waals surface area contributed by atoms with E-state index in [1.165, 1.54) is 6.20 Å². The van der Waals surface area contributed by atoms with Gasteiger partial charge in [-0.3, -0.25) is 0 Å². The van der Waals surface area contributed by atoms with Crippen LogP contribution in [0.4, 0.5) is 5.82 Å². The number of piperidine rings is 1. The van der Waals surface area contributed by atoms with Crippen LogP contribution in [-0.4, -0.2) is 47.6 Å². The predicted octanol–water partition coefficient (Wildman–Crippen LogP) is 1.51. The molecular formula is C14H21N5. The van der Waals surface area contributed by atoms with Crippen molar-refractivity contribution in [3.63, 3.8) is 0 Å². The summed E-state index contributed by atoms with van der Waals surface area (Å²) in [5, 5.41) is 8.74. The Morgan fingerprint density at radius 3 is 2.79 bits per heavy atom. The average molecular weight is 259 g/mol. The van der Waals surface area contributed by atoms with Gasteiger partial charge in [0.1, 0.15) is 11.9 Å². The molecule has 1 aromatic heterocycles. The molecule has 1 fully saturated rings. The van der Waals surface area contributed by atoms with Crippen LogP contribution in [0.15, 0.2) is 12.4 Å². The van der Waals surface area contributed by atoms with Gasteiger partial charge in [-0.1, -0.05) is 13.8 Å². The number of anilines is 1. The minimum atomic E-state index is 0.367. The third-order valence-corrected chi connectivity index (χ3v) is 4.00. The lowest BCUT2D eigenvalue weighted by atomic mass is 9.92. The van der Waals surface area contributed by atoms with Crippen molar-refractivity contribution >= 4 is 5.82 Å². The van der Waals surface area contributed by atoms with Crippen LogP contribution in [0.3, 0.4) is 0 Å². The molecule has 2 unspecified atom stereocenters. The summed E-state index contributed by atoms with van der Waals surface area (Å²) in [6, 6.07) is 2.49. The standard InChI is InChI=1S/C14H21N5/c1-4-19-6-5-13(11(2)10-19)18(3)14-9-16-12(7-15)8-17-14/h8-9,11,13H,4-6,10H2,1-3H3. The van der Waals surface area contributed by atoms with Crippen LogP contribution >= 0.6 is 0 Å². The molecule has 0 saturated carbocycles. The first-order valence-electron chi connectivity index (χ1n) is 6.83. The van der Waals surface area contributed by atoms with E-state index >= 15 is 0 Å². The summed E-state index contributed by atoms with van der Waals surface area (Å²) >= 11 is 0. The number of nitrogens with zero attached hydrogens (tertiary/aromatic N) is 5.